The van der Waals surface area contributed by atoms with Gasteiger partial charge < -0.3 is 5.32 Å². The topological polar surface area (TPSA) is 91.8 Å². The lowest BCUT2D eigenvalue weighted by atomic mass is 10.1. The summed E-state index contributed by atoms with van der Waals surface area (Å²) in [6.45, 7) is 2.55. The molecule has 0 amide bonds. The molecule has 120 valence electrons. The molecule has 7 heteroatoms. The fourth-order valence-electron chi connectivity index (χ4n) is 2.35. The van der Waals surface area contributed by atoms with E-state index in [1.165, 1.54) is 6.07 Å². The van der Waals surface area contributed by atoms with Crippen molar-refractivity contribution in [2.75, 3.05) is 11.9 Å². The van der Waals surface area contributed by atoms with E-state index in [1.54, 1.807) is 23.5 Å². The first kappa shape index (κ1) is 15.9. The largest absolute Gasteiger partial charge is 0.379 e. The van der Waals surface area contributed by atoms with E-state index in [9.17, 15) is 10.1 Å². The summed E-state index contributed by atoms with van der Waals surface area (Å²) in [7, 11) is 0. The van der Waals surface area contributed by atoms with E-state index in [0.29, 0.717) is 12.2 Å². The summed E-state index contributed by atoms with van der Waals surface area (Å²) in [5, 5.41) is 24.1. The standard InChI is InChI=1S/C17H14N4O2S/c1-11(17-20-14-4-2-3-5-16(14)24-17)10-19-13-7-6-12(9-18)8-15(13)21(22)23/h2-8,11,19H,10H2,1H3/t11-/m1/s1. The van der Waals surface area contributed by atoms with Crippen molar-refractivity contribution in [1.29, 1.82) is 5.26 Å². The molecule has 0 aliphatic carbocycles. The molecular formula is C17H14N4O2S. The van der Waals surface area contributed by atoms with Crippen molar-refractivity contribution in [2.24, 2.45) is 0 Å². The fourth-order valence-corrected chi connectivity index (χ4v) is 3.37. The average molecular weight is 338 g/mol. The summed E-state index contributed by atoms with van der Waals surface area (Å²) < 4.78 is 1.13. The number of thiazole rings is 1. The van der Waals surface area contributed by atoms with E-state index in [-0.39, 0.29) is 17.2 Å². The molecule has 0 aliphatic rings. The average Bonchev–Trinajstić information content (AvgIpc) is 3.03. The van der Waals surface area contributed by atoms with Crippen LogP contribution < -0.4 is 5.32 Å². The number of nitro groups is 1. The normalized spacial score (nSPS) is 11.8. The van der Waals surface area contributed by atoms with Crippen molar-refractivity contribution in [1.82, 2.24) is 4.98 Å². The van der Waals surface area contributed by atoms with E-state index in [1.807, 2.05) is 37.3 Å². The van der Waals surface area contributed by atoms with Gasteiger partial charge in [0.1, 0.15) is 5.69 Å². The molecule has 0 fully saturated rings. The fraction of sp³-hybridized carbons (Fsp3) is 0.176. The first-order chi connectivity index (χ1) is 11.6. The van der Waals surface area contributed by atoms with Crippen LogP contribution >= 0.6 is 11.3 Å². The zero-order valence-corrected chi connectivity index (χ0v) is 13.7. The first-order valence-corrected chi connectivity index (χ1v) is 8.18. The van der Waals surface area contributed by atoms with Crippen LogP contribution in [0.2, 0.25) is 0 Å². The Bertz CT molecular complexity index is 912. The van der Waals surface area contributed by atoms with E-state index >= 15 is 0 Å². The summed E-state index contributed by atoms with van der Waals surface area (Å²) in [6.07, 6.45) is 0. The number of anilines is 1. The van der Waals surface area contributed by atoms with Crippen LogP contribution in [0.3, 0.4) is 0 Å². The van der Waals surface area contributed by atoms with Crippen molar-refractivity contribution in [3.8, 4) is 6.07 Å². The molecule has 1 N–H and O–H groups in total. The number of hydrogen-bond donors (Lipinski definition) is 1. The van der Waals surface area contributed by atoms with Gasteiger partial charge in [0.2, 0.25) is 0 Å². The molecule has 1 atom stereocenters. The zero-order chi connectivity index (χ0) is 17.1. The third-order valence-electron chi connectivity index (χ3n) is 3.65. The van der Waals surface area contributed by atoms with E-state index < -0.39 is 4.92 Å². The summed E-state index contributed by atoms with van der Waals surface area (Å²) in [5.74, 6) is 0.109. The van der Waals surface area contributed by atoms with Crippen LogP contribution in [0.5, 0.6) is 0 Å². The minimum atomic E-state index is -0.481. The number of nitrogens with zero attached hydrogens (tertiary/aromatic N) is 3. The smallest absolute Gasteiger partial charge is 0.293 e. The Kier molecular flexibility index (Phi) is 4.40. The molecule has 0 bridgehead atoms. The van der Waals surface area contributed by atoms with Crippen LogP contribution in [0.4, 0.5) is 11.4 Å². The molecule has 3 rings (SSSR count). The Balaban J connectivity index is 1.77. The van der Waals surface area contributed by atoms with Gasteiger partial charge in [-0.05, 0) is 24.3 Å². The van der Waals surface area contributed by atoms with Gasteiger partial charge in [-0.1, -0.05) is 19.1 Å². The number of nitro benzene ring substituents is 1. The Morgan fingerprint density at radius 1 is 1.38 bits per heavy atom. The number of rotatable bonds is 5. The molecular weight excluding hydrogens is 324 g/mol. The van der Waals surface area contributed by atoms with Gasteiger partial charge in [-0.3, -0.25) is 10.1 Å². The van der Waals surface area contributed by atoms with Gasteiger partial charge >= 0.3 is 0 Å². The molecule has 2 aromatic carbocycles. The minimum absolute atomic E-state index is 0.0921. The number of hydrogen-bond acceptors (Lipinski definition) is 6. The summed E-state index contributed by atoms with van der Waals surface area (Å²) >= 11 is 1.63. The molecule has 1 heterocycles. The minimum Gasteiger partial charge on any atom is -0.379 e. The highest BCUT2D eigenvalue weighted by atomic mass is 32.1. The second kappa shape index (κ2) is 6.64. The highest BCUT2D eigenvalue weighted by molar-refractivity contribution is 7.18. The molecule has 0 unspecified atom stereocenters. The lowest BCUT2D eigenvalue weighted by Gasteiger charge is -2.11. The molecule has 24 heavy (non-hydrogen) atoms. The molecule has 0 spiro atoms. The Morgan fingerprint density at radius 2 is 2.17 bits per heavy atom. The number of nitriles is 1. The molecule has 0 saturated heterocycles. The highest BCUT2D eigenvalue weighted by Gasteiger charge is 2.17. The predicted octanol–water partition coefficient (Wildman–Crippen LogP) is 4.29. The predicted molar refractivity (Wildman–Crippen MR) is 94.3 cm³/mol. The monoisotopic (exact) mass is 338 g/mol. The van der Waals surface area contributed by atoms with Crippen molar-refractivity contribution in [3.63, 3.8) is 0 Å². The van der Waals surface area contributed by atoms with E-state index in [2.05, 4.69) is 10.3 Å². The maximum Gasteiger partial charge on any atom is 0.293 e. The quantitative estimate of drug-likeness (QED) is 0.553. The van der Waals surface area contributed by atoms with Crippen LogP contribution in [0.1, 0.15) is 23.4 Å². The van der Waals surface area contributed by atoms with Gasteiger partial charge in [0.25, 0.3) is 5.69 Å². The van der Waals surface area contributed by atoms with Gasteiger partial charge in [0, 0.05) is 18.5 Å². The van der Waals surface area contributed by atoms with Crippen molar-refractivity contribution in [3.05, 3.63) is 63.1 Å². The second-order valence-corrected chi connectivity index (χ2v) is 6.46. The van der Waals surface area contributed by atoms with Crippen LogP contribution in [0.25, 0.3) is 10.2 Å². The maximum absolute atomic E-state index is 11.2. The van der Waals surface area contributed by atoms with Gasteiger partial charge in [-0.15, -0.1) is 11.3 Å². The third kappa shape index (κ3) is 3.19. The van der Waals surface area contributed by atoms with Gasteiger partial charge in [-0.25, -0.2) is 4.98 Å². The van der Waals surface area contributed by atoms with Crippen molar-refractivity contribution < 1.29 is 4.92 Å². The van der Waals surface area contributed by atoms with Crippen LogP contribution in [0.15, 0.2) is 42.5 Å². The van der Waals surface area contributed by atoms with E-state index in [0.717, 1.165) is 15.2 Å². The van der Waals surface area contributed by atoms with Gasteiger partial charge in [0.15, 0.2) is 0 Å². The van der Waals surface area contributed by atoms with Crippen LogP contribution in [0, 0.1) is 21.4 Å². The van der Waals surface area contributed by atoms with Crippen LogP contribution in [-0.4, -0.2) is 16.5 Å². The molecule has 0 saturated carbocycles. The molecule has 0 radical (unpaired) electrons. The third-order valence-corrected chi connectivity index (χ3v) is 4.92. The van der Waals surface area contributed by atoms with E-state index in [4.69, 9.17) is 5.26 Å². The van der Waals surface area contributed by atoms with Gasteiger partial charge in [0.05, 0.1) is 31.8 Å². The summed E-state index contributed by atoms with van der Waals surface area (Å²) in [5.41, 5.74) is 1.55. The summed E-state index contributed by atoms with van der Waals surface area (Å²) in [4.78, 5) is 15.3. The summed E-state index contributed by atoms with van der Waals surface area (Å²) in [6, 6.07) is 14.3. The maximum atomic E-state index is 11.2. The molecule has 1 aromatic heterocycles. The van der Waals surface area contributed by atoms with Crippen molar-refractivity contribution >= 4 is 32.9 Å². The second-order valence-electron chi connectivity index (χ2n) is 5.40. The Morgan fingerprint density at radius 3 is 2.88 bits per heavy atom. The Hall–Kier alpha value is -2.98. The number of aromatic nitrogens is 1. The highest BCUT2D eigenvalue weighted by Crippen LogP contribution is 2.29. The lowest BCUT2D eigenvalue weighted by Crippen LogP contribution is -2.11. The SMILES string of the molecule is C[C@H](CNc1ccc(C#N)cc1[N+](=O)[O-])c1nc2ccccc2s1. The van der Waals surface area contributed by atoms with Crippen LogP contribution in [-0.2, 0) is 0 Å². The Labute approximate surface area is 142 Å². The molecule has 0 aliphatic heterocycles. The number of fused-ring (bicyclic) bond motifs is 1. The number of para-hydroxylation sites is 1. The molecule has 3 aromatic rings. The lowest BCUT2D eigenvalue weighted by molar-refractivity contribution is -0.384. The van der Waals surface area contributed by atoms with Crippen molar-refractivity contribution in [2.45, 2.75) is 12.8 Å². The molecule has 6 nitrogen and oxygen atoms in total. The number of benzene rings is 2. The first-order valence-electron chi connectivity index (χ1n) is 7.36. The zero-order valence-electron chi connectivity index (χ0n) is 12.9. The van der Waals surface area contributed by atoms with Gasteiger partial charge in [-0.2, -0.15) is 5.26 Å². The number of nitrogens with one attached hydrogen (secondary N) is 1.